The maximum atomic E-state index is 13.4. The molecular weight excluding hydrogens is 612 g/mol. The third-order valence-electron chi connectivity index (χ3n) is 8.52. The Bertz CT molecular complexity index is 1210. The largest absolute Gasteiger partial charge is 0.510 e. The van der Waals surface area contributed by atoms with E-state index in [0.717, 1.165) is 17.7 Å². The molecule has 0 fully saturated rings. The number of carbonyl (C=O) groups is 2. The van der Waals surface area contributed by atoms with Gasteiger partial charge in [-0.25, -0.2) is 4.79 Å². The lowest BCUT2D eigenvalue weighted by molar-refractivity contribution is -0.777. The summed E-state index contributed by atoms with van der Waals surface area (Å²) >= 11 is 0. The first-order chi connectivity index (χ1) is 22.1. The number of carbonyl (C=O) groups excluding carboxylic acids is 2. The van der Waals surface area contributed by atoms with Crippen molar-refractivity contribution in [2.75, 3.05) is 34.0 Å². The van der Waals surface area contributed by atoms with Crippen molar-refractivity contribution in [1.29, 1.82) is 0 Å². The standard InChI is InChI=1S/C33H54N4O10/c1-20(2)24(14-23-10-11-27(43-8)29(15-23)44-13-9-12-42-7)16-26(34)28(46-32(39)45-22(5)47-37(40)41)17-25(21(3)4)31(38)36-19-33(6)18-30(33)35/h10-11,15,18,20-22,24-26,28H,9,12-14,16-17,19,34-35H2,1-8H3,(H,36,38). The summed E-state index contributed by atoms with van der Waals surface area (Å²) < 4.78 is 27.2. The van der Waals surface area contributed by atoms with E-state index in [-0.39, 0.29) is 35.5 Å². The van der Waals surface area contributed by atoms with Crippen LogP contribution in [-0.4, -0.2) is 69.6 Å². The second-order valence-corrected chi connectivity index (χ2v) is 13.0. The van der Waals surface area contributed by atoms with E-state index in [1.807, 2.05) is 45.0 Å². The Morgan fingerprint density at radius 2 is 1.70 bits per heavy atom. The van der Waals surface area contributed by atoms with Gasteiger partial charge in [-0.2, -0.15) is 0 Å². The quantitative estimate of drug-likeness (QED) is 0.0521. The van der Waals surface area contributed by atoms with Crippen molar-refractivity contribution in [2.24, 2.45) is 40.6 Å². The molecular formula is C33H54N4O10. The van der Waals surface area contributed by atoms with Gasteiger partial charge in [-0.1, -0.05) is 39.8 Å². The Labute approximate surface area is 277 Å². The summed E-state index contributed by atoms with van der Waals surface area (Å²) in [7, 11) is 3.23. The summed E-state index contributed by atoms with van der Waals surface area (Å²) in [5.74, 6) is 0.590. The fraction of sp³-hybridized carbons (Fsp3) is 0.697. The van der Waals surface area contributed by atoms with Crippen LogP contribution in [0.15, 0.2) is 30.0 Å². The number of hydrogen-bond donors (Lipinski definition) is 3. The van der Waals surface area contributed by atoms with E-state index < -0.39 is 35.6 Å². The number of rotatable bonds is 22. The zero-order valence-corrected chi connectivity index (χ0v) is 29.0. The molecule has 5 N–H and O–H groups in total. The van der Waals surface area contributed by atoms with Gasteiger partial charge in [0, 0.05) is 49.8 Å². The first-order valence-electron chi connectivity index (χ1n) is 16.1. The monoisotopic (exact) mass is 666 g/mol. The maximum Gasteiger partial charge on any atom is 0.510 e. The average molecular weight is 667 g/mol. The minimum atomic E-state index is -1.50. The highest BCUT2D eigenvalue weighted by Gasteiger charge is 2.39. The van der Waals surface area contributed by atoms with Crippen LogP contribution < -0.4 is 26.3 Å². The zero-order chi connectivity index (χ0) is 35.3. The smallest absolute Gasteiger partial charge is 0.493 e. The Hall–Kier alpha value is -3.78. The van der Waals surface area contributed by atoms with E-state index in [1.54, 1.807) is 14.2 Å². The topological polar surface area (TPSA) is 197 Å². The molecule has 0 saturated heterocycles. The Morgan fingerprint density at radius 3 is 2.26 bits per heavy atom. The van der Waals surface area contributed by atoms with E-state index in [9.17, 15) is 19.7 Å². The molecule has 0 aliphatic heterocycles. The van der Waals surface area contributed by atoms with Crippen LogP contribution in [0.1, 0.15) is 66.4 Å². The van der Waals surface area contributed by atoms with Gasteiger partial charge in [0.1, 0.15) is 6.10 Å². The van der Waals surface area contributed by atoms with Crippen LogP contribution in [0.25, 0.3) is 0 Å². The lowest BCUT2D eigenvalue weighted by atomic mass is 9.80. The van der Waals surface area contributed by atoms with E-state index in [4.69, 9.17) is 35.2 Å². The summed E-state index contributed by atoms with van der Waals surface area (Å²) in [5.41, 5.74) is 14.1. The van der Waals surface area contributed by atoms with Crippen LogP contribution in [0.3, 0.4) is 0 Å². The van der Waals surface area contributed by atoms with Gasteiger partial charge >= 0.3 is 6.16 Å². The molecule has 1 aromatic rings. The van der Waals surface area contributed by atoms with Crippen molar-refractivity contribution in [3.05, 3.63) is 45.6 Å². The predicted molar refractivity (Wildman–Crippen MR) is 175 cm³/mol. The van der Waals surface area contributed by atoms with Crippen LogP contribution in [0, 0.1) is 39.2 Å². The number of amides is 1. The Balaban J connectivity index is 2.25. The molecule has 266 valence electrons. The number of ether oxygens (including phenoxy) is 5. The Kier molecular flexibility index (Phi) is 15.5. The van der Waals surface area contributed by atoms with Crippen molar-refractivity contribution < 1.29 is 43.2 Å². The summed E-state index contributed by atoms with van der Waals surface area (Å²) in [6.07, 6.45) is 0.184. The lowest BCUT2D eigenvalue weighted by Crippen LogP contribution is -2.46. The third-order valence-corrected chi connectivity index (χ3v) is 8.52. The molecule has 6 unspecified atom stereocenters. The average Bonchev–Trinajstić information content (AvgIpc) is 3.60. The molecule has 2 rings (SSSR count). The first kappa shape index (κ1) is 39.4. The van der Waals surface area contributed by atoms with E-state index in [0.29, 0.717) is 44.1 Å². The molecule has 14 heteroatoms. The van der Waals surface area contributed by atoms with Gasteiger partial charge in [0.05, 0.1) is 13.7 Å². The molecule has 1 aliphatic carbocycles. The third kappa shape index (κ3) is 13.1. The van der Waals surface area contributed by atoms with Crippen molar-refractivity contribution in [3.63, 3.8) is 0 Å². The molecule has 0 aromatic heterocycles. The molecule has 47 heavy (non-hydrogen) atoms. The first-order valence-corrected chi connectivity index (χ1v) is 16.1. The summed E-state index contributed by atoms with van der Waals surface area (Å²) in [6, 6.07) is 5.10. The minimum absolute atomic E-state index is 0.0498. The number of benzene rings is 1. The van der Waals surface area contributed by atoms with Gasteiger partial charge < -0.3 is 40.5 Å². The van der Waals surface area contributed by atoms with E-state index in [2.05, 4.69) is 24.0 Å². The van der Waals surface area contributed by atoms with Crippen LogP contribution in [-0.2, 0) is 30.3 Å². The highest BCUT2D eigenvalue weighted by atomic mass is 17.0. The molecule has 14 nitrogen and oxygen atoms in total. The molecule has 1 aliphatic rings. The number of nitrogens with zero attached hydrogens (tertiary/aromatic N) is 1. The fourth-order valence-corrected chi connectivity index (χ4v) is 5.28. The van der Waals surface area contributed by atoms with Crippen LogP contribution >= 0.6 is 0 Å². The lowest BCUT2D eigenvalue weighted by Gasteiger charge is -2.32. The van der Waals surface area contributed by atoms with Crippen molar-refractivity contribution in [1.82, 2.24) is 5.32 Å². The molecule has 0 heterocycles. The molecule has 1 amide bonds. The molecule has 0 bridgehead atoms. The molecule has 1 aromatic carbocycles. The van der Waals surface area contributed by atoms with E-state index in [1.165, 1.54) is 6.92 Å². The van der Waals surface area contributed by atoms with E-state index >= 15 is 0 Å². The number of hydrogen-bond acceptors (Lipinski definition) is 12. The van der Waals surface area contributed by atoms with Crippen LogP contribution in [0.4, 0.5) is 4.79 Å². The Morgan fingerprint density at radius 1 is 1.02 bits per heavy atom. The second kappa shape index (κ2) is 18.5. The van der Waals surface area contributed by atoms with Crippen molar-refractivity contribution in [3.8, 4) is 11.5 Å². The molecule has 6 atom stereocenters. The predicted octanol–water partition coefficient (Wildman–Crippen LogP) is 4.36. The number of nitrogens with one attached hydrogen (secondary N) is 1. The SMILES string of the molecule is COCCCOc1cc(CC(CC(N)C(CC(C(=O)NCC2(C)C=C2N)C(C)C)OC(=O)OC(C)O[N+](=O)[O-])C(C)C)ccc1OC. The summed E-state index contributed by atoms with van der Waals surface area (Å²) in [6.45, 7) is 12.5. The highest BCUT2D eigenvalue weighted by Crippen LogP contribution is 2.39. The molecule has 0 spiro atoms. The van der Waals surface area contributed by atoms with Crippen molar-refractivity contribution >= 4 is 12.1 Å². The zero-order valence-electron chi connectivity index (χ0n) is 29.0. The van der Waals surface area contributed by atoms with Gasteiger partial charge in [0.25, 0.3) is 5.09 Å². The van der Waals surface area contributed by atoms with Gasteiger partial charge in [-0.15, -0.1) is 10.1 Å². The second-order valence-electron chi connectivity index (χ2n) is 13.0. The highest BCUT2D eigenvalue weighted by molar-refractivity contribution is 5.79. The normalized spacial score (nSPS) is 18.7. The number of methoxy groups -OCH3 is 2. The number of nitrogens with two attached hydrogens (primary N) is 2. The van der Waals surface area contributed by atoms with Crippen molar-refractivity contribution in [2.45, 2.75) is 85.7 Å². The molecule has 0 radical (unpaired) electrons. The van der Waals surface area contributed by atoms with Gasteiger partial charge in [0.2, 0.25) is 12.2 Å². The van der Waals surface area contributed by atoms with Crippen LogP contribution in [0.2, 0.25) is 0 Å². The van der Waals surface area contributed by atoms with Gasteiger partial charge in [0.15, 0.2) is 11.5 Å². The fourth-order valence-electron chi connectivity index (χ4n) is 5.28. The van der Waals surface area contributed by atoms with Gasteiger partial charge in [-0.3, -0.25) is 9.63 Å². The summed E-state index contributed by atoms with van der Waals surface area (Å²) in [5, 5.41) is 12.6. The summed E-state index contributed by atoms with van der Waals surface area (Å²) in [4.78, 5) is 41.1. The molecule has 0 saturated carbocycles. The maximum absolute atomic E-state index is 13.4. The van der Waals surface area contributed by atoms with Crippen LogP contribution in [0.5, 0.6) is 11.5 Å². The van der Waals surface area contributed by atoms with Gasteiger partial charge in [-0.05, 0) is 68.6 Å². The minimum Gasteiger partial charge on any atom is -0.493 e.